The van der Waals surface area contributed by atoms with Crippen molar-refractivity contribution in [2.45, 2.75) is 20.0 Å². The lowest BCUT2D eigenvalue weighted by molar-refractivity contribution is 0.0996. The number of nitrogens with two attached hydrogens (primary N) is 1. The molecule has 0 aliphatic heterocycles. The molecule has 2 aromatic rings. The molecule has 7 nitrogen and oxygen atoms in total. The largest absolute Gasteiger partial charge is 0.493 e. The number of aromatic nitrogens is 3. The number of ether oxygens (including phenoxy) is 2. The number of hydrogen-bond donors (Lipinski definition) is 2. The Morgan fingerprint density at radius 3 is 2.86 bits per heavy atom. The number of aromatic amines is 1. The molecule has 21 heavy (non-hydrogen) atoms. The molecule has 0 bridgehead atoms. The van der Waals surface area contributed by atoms with Crippen LogP contribution in [0, 0.1) is 0 Å². The summed E-state index contributed by atoms with van der Waals surface area (Å²) in [5.41, 5.74) is 7.41. The van der Waals surface area contributed by atoms with Crippen LogP contribution in [0.3, 0.4) is 0 Å². The van der Waals surface area contributed by atoms with E-state index < -0.39 is 5.91 Å². The number of nitrogens with one attached hydrogen (secondary N) is 1. The number of primary amides is 1. The molecule has 1 aromatic carbocycles. The second kappa shape index (κ2) is 6.85. The van der Waals surface area contributed by atoms with E-state index in [2.05, 4.69) is 15.4 Å². The smallest absolute Gasteiger partial charge is 0.271 e. The van der Waals surface area contributed by atoms with Gasteiger partial charge in [-0.3, -0.25) is 4.79 Å². The van der Waals surface area contributed by atoms with Gasteiger partial charge in [0, 0.05) is 18.2 Å². The third-order valence-electron chi connectivity index (χ3n) is 2.88. The third-order valence-corrected chi connectivity index (χ3v) is 2.88. The van der Waals surface area contributed by atoms with Gasteiger partial charge in [0.25, 0.3) is 5.91 Å². The molecule has 0 saturated carbocycles. The molecular formula is C14H18N4O3. The Labute approximate surface area is 122 Å². The van der Waals surface area contributed by atoms with Crippen LogP contribution >= 0.6 is 0 Å². The fourth-order valence-corrected chi connectivity index (χ4v) is 1.95. The molecule has 1 heterocycles. The second-order valence-corrected chi connectivity index (χ2v) is 4.49. The molecule has 0 fully saturated rings. The molecule has 0 aliphatic rings. The first-order chi connectivity index (χ1) is 10.2. The van der Waals surface area contributed by atoms with Crippen molar-refractivity contribution in [1.82, 2.24) is 15.4 Å². The minimum Gasteiger partial charge on any atom is -0.493 e. The van der Waals surface area contributed by atoms with Crippen molar-refractivity contribution in [1.29, 1.82) is 0 Å². The maximum atomic E-state index is 11.3. The lowest BCUT2D eigenvalue weighted by Gasteiger charge is -2.11. The monoisotopic (exact) mass is 290 g/mol. The van der Waals surface area contributed by atoms with E-state index in [1.54, 1.807) is 7.11 Å². The number of benzene rings is 1. The van der Waals surface area contributed by atoms with E-state index in [4.69, 9.17) is 15.2 Å². The highest BCUT2D eigenvalue weighted by Crippen LogP contribution is 2.27. The Morgan fingerprint density at radius 1 is 1.38 bits per heavy atom. The van der Waals surface area contributed by atoms with Gasteiger partial charge in [0.05, 0.1) is 13.2 Å². The summed E-state index contributed by atoms with van der Waals surface area (Å²) in [4.78, 5) is 11.3. The number of carbonyl (C=O) groups excluding carboxylic acids is 1. The first-order valence-corrected chi connectivity index (χ1v) is 6.63. The molecule has 1 aromatic heterocycles. The van der Waals surface area contributed by atoms with Crippen molar-refractivity contribution in [3.05, 3.63) is 29.5 Å². The van der Waals surface area contributed by atoms with E-state index >= 15 is 0 Å². The lowest BCUT2D eigenvalue weighted by Crippen LogP contribution is -2.12. The zero-order chi connectivity index (χ0) is 15.2. The summed E-state index contributed by atoms with van der Waals surface area (Å²) in [5.74, 6) is 0.130. The molecule has 0 radical (unpaired) electrons. The Morgan fingerprint density at radius 2 is 2.19 bits per heavy atom. The molecule has 2 rings (SSSR count). The van der Waals surface area contributed by atoms with Gasteiger partial charge in [0.1, 0.15) is 11.4 Å². The van der Waals surface area contributed by atoms with Crippen molar-refractivity contribution in [2.24, 2.45) is 5.73 Å². The van der Waals surface area contributed by atoms with Crippen molar-refractivity contribution in [3.63, 3.8) is 0 Å². The number of rotatable bonds is 7. The highest BCUT2D eigenvalue weighted by Gasteiger charge is 2.16. The number of carbonyl (C=O) groups is 1. The highest BCUT2D eigenvalue weighted by atomic mass is 16.5. The number of hydrogen-bond acceptors (Lipinski definition) is 5. The van der Waals surface area contributed by atoms with Gasteiger partial charge in [0.15, 0.2) is 5.69 Å². The molecule has 0 aliphatic carbocycles. The van der Waals surface area contributed by atoms with Gasteiger partial charge in [-0.05, 0) is 24.6 Å². The zero-order valence-electron chi connectivity index (χ0n) is 12.0. The van der Waals surface area contributed by atoms with Gasteiger partial charge in [-0.1, -0.05) is 6.92 Å². The molecule has 7 heteroatoms. The second-order valence-electron chi connectivity index (χ2n) is 4.49. The van der Waals surface area contributed by atoms with Crippen LogP contribution < -0.4 is 10.5 Å². The van der Waals surface area contributed by atoms with Crippen molar-refractivity contribution in [3.8, 4) is 17.0 Å². The van der Waals surface area contributed by atoms with Crippen LogP contribution in [0.25, 0.3) is 11.3 Å². The summed E-state index contributed by atoms with van der Waals surface area (Å²) < 4.78 is 10.9. The summed E-state index contributed by atoms with van der Waals surface area (Å²) in [6.45, 7) is 3.07. The third kappa shape index (κ3) is 3.38. The standard InChI is InChI=1S/C14H18N4O3/c1-3-6-21-11-5-4-9(7-10(11)8-20-2)12-13(14(15)19)17-18-16-12/h4-5,7H,3,6,8H2,1-2H3,(H2,15,19)(H,16,17,18). The summed E-state index contributed by atoms with van der Waals surface area (Å²) in [5, 5.41) is 10.2. The Bertz CT molecular complexity index is 624. The Balaban J connectivity index is 2.39. The maximum absolute atomic E-state index is 11.3. The SMILES string of the molecule is CCCOc1ccc(-c2n[nH]nc2C(N)=O)cc1COC. The van der Waals surface area contributed by atoms with E-state index in [-0.39, 0.29) is 5.69 Å². The average molecular weight is 290 g/mol. The highest BCUT2D eigenvalue weighted by molar-refractivity contribution is 5.96. The van der Waals surface area contributed by atoms with Crippen LogP contribution in [-0.2, 0) is 11.3 Å². The van der Waals surface area contributed by atoms with Gasteiger partial charge >= 0.3 is 0 Å². The van der Waals surface area contributed by atoms with E-state index in [1.807, 2.05) is 25.1 Å². The first-order valence-electron chi connectivity index (χ1n) is 6.63. The van der Waals surface area contributed by atoms with Gasteiger partial charge in [0.2, 0.25) is 0 Å². The Hall–Kier alpha value is -2.41. The van der Waals surface area contributed by atoms with Crippen molar-refractivity contribution >= 4 is 5.91 Å². The van der Waals surface area contributed by atoms with E-state index in [1.165, 1.54) is 0 Å². The van der Waals surface area contributed by atoms with Crippen LogP contribution in [0.1, 0.15) is 29.4 Å². The molecule has 0 unspecified atom stereocenters. The fraction of sp³-hybridized carbons (Fsp3) is 0.357. The predicted molar refractivity (Wildman–Crippen MR) is 76.8 cm³/mol. The summed E-state index contributed by atoms with van der Waals surface area (Å²) in [7, 11) is 1.61. The van der Waals surface area contributed by atoms with Crippen LogP contribution in [0.4, 0.5) is 0 Å². The van der Waals surface area contributed by atoms with Crippen LogP contribution in [0.2, 0.25) is 0 Å². The van der Waals surface area contributed by atoms with Crippen molar-refractivity contribution < 1.29 is 14.3 Å². The number of nitrogens with zero attached hydrogens (tertiary/aromatic N) is 2. The fourth-order valence-electron chi connectivity index (χ4n) is 1.95. The molecule has 0 atom stereocenters. The minimum atomic E-state index is -0.627. The van der Waals surface area contributed by atoms with Gasteiger partial charge in [-0.15, -0.1) is 0 Å². The Kier molecular flexibility index (Phi) is 4.89. The molecule has 112 valence electrons. The maximum Gasteiger partial charge on any atom is 0.271 e. The number of amides is 1. The molecular weight excluding hydrogens is 272 g/mol. The molecule has 3 N–H and O–H groups in total. The van der Waals surface area contributed by atoms with Crippen molar-refractivity contribution in [2.75, 3.05) is 13.7 Å². The number of H-pyrrole nitrogens is 1. The zero-order valence-corrected chi connectivity index (χ0v) is 12.0. The summed E-state index contributed by atoms with van der Waals surface area (Å²) in [6.07, 6.45) is 0.920. The summed E-state index contributed by atoms with van der Waals surface area (Å²) >= 11 is 0. The van der Waals surface area contributed by atoms with Crippen LogP contribution in [0.15, 0.2) is 18.2 Å². The van der Waals surface area contributed by atoms with Crippen LogP contribution in [-0.4, -0.2) is 35.0 Å². The van der Waals surface area contributed by atoms with E-state index in [9.17, 15) is 4.79 Å². The van der Waals surface area contributed by atoms with E-state index in [0.29, 0.717) is 18.9 Å². The quantitative estimate of drug-likeness (QED) is 0.804. The molecule has 0 saturated heterocycles. The first kappa shape index (κ1) is 15.0. The lowest BCUT2D eigenvalue weighted by atomic mass is 10.1. The summed E-state index contributed by atoms with van der Waals surface area (Å²) in [6, 6.07) is 5.51. The van der Waals surface area contributed by atoms with Gasteiger partial charge in [-0.25, -0.2) is 0 Å². The van der Waals surface area contributed by atoms with Gasteiger partial charge < -0.3 is 15.2 Å². The topological polar surface area (TPSA) is 103 Å². The predicted octanol–water partition coefficient (Wildman–Crippen LogP) is 1.51. The van der Waals surface area contributed by atoms with Gasteiger partial charge in [-0.2, -0.15) is 15.4 Å². The molecule has 0 spiro atoms. The average Bonchev–Trinajstić information content (AvgIpc) is 2.96. The normalized spacial score (nSPS) is 10.6. The van der Waals surface area contributed by atoms with Crippen LogP contribution in [0.5, 0.6) is 5.75 Å². The molecule has 1 amide bonds. The number of methoxy groups -OCH3 is 1. The van der Waals surface area contributed by atoms with E-state index in [0.717, 1.165) is 23.3 Å². The minimum absolute atomic E-state index is 0.112.